The fraction of sp³-hybridized carbons (Fsp3) is 0.588. The fourth-order valence-corrected chi connectivity index (χ4v) is 3.23. The van der Waals surface area contributed by atoms with Crippen molar-refractivity contribution in [2.45, 2.75) is 18.7 Å². The van der Waals surface area contributed by atoms with Gasteiger partial charge in [-0.1, -0.05) is 19.1 Å². The molecule has 0 aliphatic carbocycles. The van der Waals surface area contributed by atoms with E-state index in [0.29, 0.717) is 5.92 Å². The van der Waals surface area contributed by atoms with Gasteiger partial charge in [0, 0.05) is 36.0 Å². The summed E-state index contributed by atoms with van der Waals surface area (Å²) in [5.74, 6) is 4.47. The van der Waals surface area contributed by atoms with Crippen molar-refractivity contribution in [3.05, 3.63) is 24.3 Å². The monoisotopic (exact) mass is 483 g/mol. The Bertz CT molecular complexity index is 475. The number of methoxy groups -OCH3 is 1. The van der Waals surface area contributed by atoms with Crippen LogP contribution in [0, 0.1) is 5.92 Å². The lowest BCUT2D eigenvalue weighted by molar-refractivity contribution is 0.405. The molecule has 0 aliphatic heterocycles. The average molecular weight is 483 g/mol. The highest BCUT2D eigenvalue weighted by atomic mass is 127. The lowest BCUT2D eigenvalue weighted by atomic mass is 10.2. The summed E-state index contributed by atoms with van der Waals surface area (Å²) >= 11 is 3.66. The van der Waals surface area contributed by atoms with Crippen molar-refractivity contribution < 1.29 is 4.74 Å². The Labute approximate surface area is 172 Å². The second-order valence-corrected chi connectivity index (χ2v) is 7.25. The van der Waals surface area contributed by atoms with E-state index >= 15 is 0 Å². The third-order valence-electron chi connectivity index (χ3n) is 3.10. The van der Waals surface area contributed by atoms with Crippen molar-refractivity contribution in [2.24, 2.45) is 10.9 Å². The number of nitrogens with one attached hydrogen (secondary N) is 2. The van der Waals surface area contributed by atoms with Gasteiger partial charge in [0.15, 0.2) is 5.96 Å². The fourth-order valence-electron chi connectivity index (χ4n) is 1.88. The SMILES string of the molecule is CCNC(=NCC(C)CSc1ccccc1OC)NCCSC.I. The number of ether oxygens (including phenoxy) is 1. The lowest BCUT2D eigenvalue weighted by Crippen LogP contribution is -2.38. The molecule has 0 aromatic heterocycles. The molecule has 0 radical (unpaired) electrons. The van der Waals surface area contributed by atoms with Crippen molar-refractivity contribution in [3.63, 3.8) is 0 Å². The zero-order chi connectivity index (χ0) is 16.9. The van der Waals surface area contributed by atoms with E-state index in [0.717, 1.165) is 42.8 Å². The number of aliphatic imine (C=N–C) groups is 1. The van der Waals surface area contributed by atoms with Gasteiger partial charge in [0.05, 0.1) is 7.11 Å². The van der Waals surface area contributed by atoms with Crippen LogP contribution in [0.25, 0.3) is 0 Å². The molecule has 2 N–H and O–H groups in total. The number of guanidine groups is 1. The predicted molar refractivity (Wildman–Crippen MR) is 121 cm³/mol. The molecule has 1 atom stereocenters. The minimum absolute atomic E-state index is 0. The smallest absolute Gasteiger partial charge is 0.191 e. The Morgan fingerprint density at radius 1 is 1.29 bits per heavy atom. The van der Waals surface area contributed by atoms with Gasteiger partial charge in [0.1, 0.15) is 5.75 Å². The van der Waals surface area contributed by atoms with Gasteiger partial charge in [-0.3, -0.25) is 4.99 Å². The number of thioether (sulfide) groups is 2. The number of halogens is 1. The molecule has 0 saturated carbocycles. The van der Waals surface area contributed by atoms with Crippen LogP contribution >= 0.6 is 47.5 Å². The van der Waals surface area contributed by atoms with Crippen LogP contribution in [0.3, 0.4) is 0 Å². The highest BCUT2D eigenvalue weighted by molar-refractivity contribution is 14.0. The van der Waals surface area contributed by atoms with Gasteiger partial charge in [0.2, 0.25) is 0 Å². The maximum Gasteiger partial charge on any atom is 0.191 e. The standard InChI is InChI=1S/C17H29N3OS2.HI/c1-5-18-17(19-10-11-22-4)20-12-14(2)13-23-16-9-7-6-8-15(16)21-3;/h6-9,14H,5,10-13H2,1-4H3,(H2,18,19,20);1H. The number of hydrogen-bond donors (Lipinski definition) is 2. The minimum atomic E-state index is 0. The molecule has 0 heterocycles. The number of nitrogens with zero attached hydrogens (tertiary/aromatic N) is 1. The average Bonchev–Trinajstić information content (AvgIpc) is 2.58. The van der Waals surface area contributed by atoms with Crippen molar-refractivity contribution in [3.8, 4) is 5.75 Å². The van der Waals surface area contributed by atoms with Crippen LogP contribution in [-0.2, 0) is 0 Å². The molecule has 1 aromatic rings. The molecule has 0 saturated heterocycles. The largest absolute Gasteiger partial charge is 0.496 e. The molecular weight excluding hydrogens is 453 g/mol. The highest BCUT2D eigenvalue weighted by Gasteiger charge is 2.07. The third-order valence-corrected chi connectivity index (χ3v) is 5.09. The number of rotatable bonds is 10. The maximum atomic E-state index is 5.39. The Morgan fingerprint density at radius 2 is 2.04 bits per heavy atom. The molecule has 0 spiro atoms. The second kappa shape index (κ2) is 15.0. The number of hydrogen-bond acceptors (Lipinski definition) is 4. The molecule has 1 aromatic carbocycles. The third kappa shape index (κ3) is 9.88. The van der Waals surface area contributed by atoms with E-state index in [4.69, 9.17) is 4.74 Å². The van der Waals surface area contributed by atoms with Gasteiger partial charge in [-0.15, -0.1) is 35.7 Å². The zero-order valence-electron chi connectivity index (χ0n) is 15.0. The summed E-state index contributed by atoms with van der Waals surface area (Å²) in [6.45, 7) is 6.97. The highest BCUT2D eigenvalue weighted by Crippen LogP contribution is 2.29. The van der Waals surface area contributed by atoms with Crippen LogP contribution in [0.4, 0.5) is 0 Å². The number of benzene rings is 1. The molecule has 1 rings (SSSR count). The van der Waals surface area contributed by atoms with Crippen molar-refractivity contribution in [1.82, 2.24) is 10.6 Å². The normalized spacial score (nSPS) is 12.2. The van der Waals surface area contributed by atoms with Crippen molar-refractivity contribution in [2.75, 3.05) is 44.5 Å². The van der Waals surface area contributed by atoms with Crippen LogP contribution in [0.1, 0.15) is 13.8 Å². The lowest BCUT2D eigenvalue weighted by Gasteiger charge is -2.14. The Balaban J connectivity index is 0.00000529. The van der Waals surface area contributed by atoms with E-state index in [1.807, 2.05) is 41.7 Å². The first-order chi connectivity index (χ1) is 11.2. The van der Waals surface area contributed by atoms with Gasteiger partial charge in [-0.2, -0.15) is 11.8 Å². The van der Waals surface area contributed by atoms with Crippen LogP contribution in [0.15, 0.2) is 34.2 Å². The van der Waals surface area contributed by atoms with E-state index in [-0.39, 0.29) is 24.0 Å². The van der Waals surface area contributed by atoms with Gasteiger partial charge in [-0.05, 0) is 31.2 Å². The van der Waals surface area contributed by atoms with Crippen LogP contribution in [0.5, 0.6) is 5.75 Å². The van der Waals surface area contributed by atoms with Gasteiger partial charge < -0.3 is 15.4 Å². The van der Waals surface area contributed by atoms with Crippen LogP contribution in [-0.4, -0.2) is 50.5 Å². The van der Waals surface area contributed by atoms with Crippen LogP contribution < -0.4 is 15.4 Å². The predicted octanol–water partition coefficient (Wildman–Crippen LogP) is 3.96. The summed E-state index contributed by atoms with van der Waals surface area (Å²) < 4.78 is 5.39. The van der Waals surface area contributed by atoms with Crippen molar-refractivity contribution >= 4 is 53.5 Å². The Hall–Kier alpha value is -0.280. The maximum absolute atomic E-state index is 5.39. The summed E-state index contributed by atoms with van der Waals surface area (Å²) in [5.41, 5.74) is 0. The van der Waals surface area contributed by atoms with E-state index in [2.05, 4.69) is 41.8 Å². The van der Waals surface area contributed by atoms with E-state index in [1.165, 1.54) is 4.90 Å². The first-order valence-electron chi connectivity index (χ1n) is 7.98. The molecule has 7 heteroatoms. The Morgan fingerprint density at radius 3 is 2.71 bits per heavy atom. The molecule has 0 aliphatic rings. The molecule has 0 bridgehead atoms. The van der Waals surface area contributed by atoms with Crippen LogP contribution in [0.2, 0.25) is 0 Å². The molecule has 1 unspecified atom stereocenters. The van der Waals surface area contributed by atoms with Crippen molar-refractivity contribution in [1.29, 1.82) is 0 Å². The molecule has 4 nitrogen and oxygen atoms in total. The van der Waals surface area contributed by atoms with Gasteiger partial charge in [-0.25, -0.2) is 0 Å². The number of para-hydroxylation sites is 1. The summed E-state index contributed by atoms with van der Waals surface area (Å²) in [5, 5.41) is 6.65. The topological polar surface area (TPSA) is 45.7 Å². The summed E-state index contributed by atoms with van der Waals surface area (Å²) in [4.78, 5) is 5.87. The first-order valence-corrected chi connectivity index (χ1v) is 10.4. The first kappa shape index (κ1) is 23.7. The van der Waals surface area contributed by atoms with E-state index in [1.54, 1.807) is 7.11 Å². The molecule has 0 fully saturated rings. The quantitative estimate of drug-likeness (QED) is 0.174. The molecular formula is C17H30IN3OS2. The summed E-state index contributed by atoms with van der Waals surface area (Å²) in [7, 11) is 1.72. The Kier molecular flexibility index (Phi) is 14.8. The minimum Gasteiger partial charge on any atom is -0.496 e. The van der Waals surface area contributed by atoms with Gasteiger partial charge >= 0.3 is 0 Å². The molecule has 0 amide bonds. The summed E-state index contributed by atoms with van der Waals surface area (Å²) in [6, 6.07) is 8.16. The second-order valence-electron chi connectivity index (χ2n) is 5.21. The van der Waals surface area contributed by atoms with Gasteiger partial charge in [0.25, 0.3) is 0 Å². The van der Waals surface area contributed by atoms with E-state index < -0.39 is 0 Å². The summed E-state index contributed by atoms with van der Waals surface area (Å²) in [6.07, 6.45) is 2.11. The zero-order valence-corrected chi connectivity index (χ0v) is 19.0. The molecule has 138 valence electrons. The molecule has 24 heavy (non-hydrogen) atoms. The van der Waals surface area contributed by atoms with E-state index in [9.17, 15) is 0 Å².